The quantitative estimate of drug-likeness (QED) is 0.602. The van der Waals surface area contributed by atoms with Crippen molar-refractivity contribution >= 4 is 33.6 Å². The van der Waals surface area contributed by atoms with Crippen LogP contribution in [0.5, 0.6) is 0 Å². The summed E-state index contributed by atoms with van der Waals surface area (Å²) in [5, 5.41) is 5.84. The van der Waals surface area contributed by atoms with Crippen LogP contribution in [0, 0.1) is 19.7 Å². The van der Waals surface area contributed by atoms with Crippen molar-refractivity contribution < 1.29 is 13.9 Å². The van der Waals surface area contributed by atoms with Gasteiger partial charge in [0.1, 0.15) is 10.8 Å². The van der Waals surface area contributed by atoms with Crippen molar-refractivity contribution in [3.8, 4) is 0 Å². The van der Waals surface area contributed by atoms with Crippen LogP contribution in [-0.4, -0.2) is 37.1 Å². The number of hydrogen-bond donors (Lipinski definition) is 1. The molecule has 0 aliphatic carbocycles. The third-order valence-electron chi connectivity index (χ3n) is 5.25. The molecule has 4 rings (SSSR count). The van der Waals surface area contributed by atoms with Gasteiger partial charge in [-0.05, 0) is 48.6 Å². The molecule has 0 radical (unpaired) electrons. The third-order valence-corrected chi connectivity index (χ3v) is 7.26. The Balaban J connectivity index is 1.78. The molecule has 0 unspecified atom stereocenters. The summed E-state index contributed by atoms with van der Waals surface area (Å²) in [5.41, 5.74) is 3.07. The van der Waals surface area contributed by atoms with Gasteiger partial charge in [0, 0.05) is 23.5 Å². The van der Waals surface area contributed by atoms with E-state index in [2.05, 4.69) is 24.1 Å². The predicted octanol–water partition coefficient (Wildman–Crippen LogP) is 5.24. The van der Waals surface area contributed by atoms with E-state index in [9.17, 15) is 9.18 Å². The Morgan fingerprint density at radius 2 is 2.00 bits per heavy atom. The summed E-state index contributed by atoms with van der Waals surface area (Å²) in [6.07, 6.45) is 0. The van der Waals surface area contributed by atoms with Gasteiger partial charge in [-0.25, -0.2) is 4.39 Å². The number of thiophene rings is 2. The number of anilines is 1. The Labute approximate surface area is 177 Å². The zero-order valence-electron chi connectivity index (χ0n) is 16.4. The summed E-state index contributed by atoms with van der Waals surface area (Å²) >= 11 is 3.00. The molecule has 1 amide bonds. The van der Waals surface area contributed by atoms with E-state index in [1.54, 1.807) is 23.5 Å². The van der Waals surface area contributed by atoms with E-state index < -0.39 is 0 Å². The van der Waals surface area contributed by atoms with Gasteiger partial charge < -0.3 is 10.1 Å². The number of aryl methyl sites for hydroxylation is 1. The molecular formula is C22H23FN2O2S2. The molecule has 1 N–H and O–H groups in total. The van der Waals surface area contributed by atoms with Gasteiger partial charge in [0.2, 0.25) is 0 Å². The van der Waals surface area contributed by atoms with E-state index in [0.29, 0.717) is 18.1 Å². The number of nitrogens with zero attached hydrogens (tertiary/aromatic N) is 1. The maximum atomic E-state index is 14.1. The summed E-state index contributed by atoms with van der Waals surface area (Å²) in [4.78, 5) is 16.9. The number of hydrogen-bond acceptors (Lipinski definition) is 5. The van der Waals surface area contributed by atoms with Gasteiger partial charge >= 0.3 is 0 Å². The number of morpholine rings is 1. The molecule has 1 saturated heterocycles. The number of carbonyl (C=O) groups excluding carboxylic acids is 1. The average Bonchev–Trinajstić information content (AvgIpc) is 3.34. The van der Waals surface area contributed by atoms with E-state index in [1.165, 1.54) is 17.4 Å². The first kappa shape index (κ1) is 20.2. The molecule has 1 aliphatic heterocycles. The lowest BCUT2D eigenvalue weighted by Crippen LogP contribution is -2.40. The standard InChI is InChI=1S/C22H23FN2O2S2/c1-14-15(2)29-22(24-21(26)18-7-4-12-28-18)19(14)20(25-8-10-27-11-9-25)16-5-3-6-17(23)13-16/h3-7,12-13,20H,8-11H2,1-2H3,(H,24,26)/t20-/m0/s1. The van der Waals surface area contributed by atoms with Gasteiger partial charge in [0.15, 0.2) is 0 Å². The minimum absolute atomic E-state index is 0.109. The van der Waals surface area contributed by atoms with Crippen LogP contribution in [0.1, 0.15) is 37.3 Å². The van der Waals surface area contributed by atoms with Crippen LogP contribution < -0.4 is 5.32 Å². The highest BCUT2D eigenvalue weighted by Crippen LogP contribution is 2.42. The molecule has 152 valence electrons. The van der Waals surface area contributed by atoms with Crippen LogP contribution >= 0.6 is 22.7 Å². The monoisotopic (exact) mass is 430 g/mol. The Morgan fingerprint density at radius 1 is 1.21 bits per heavy atom. The Kier molecular flexibility index (Phi) is 6.10. The van der Waals surface area contributed by atoms with Crippen LogP contribution in [0.2, 0.25) is 0 Å². The molecule has 2 aromatic heterocycles. The molecular weight excluding hydrogens is 407 g/mol. The van der Waals surface area contributed by atoms with E-state index in [-0.39, 0.29) is 17.8 Å². The summed E-state index contributed by atoms with van der Waals surface area (Å²) < 4.78 is 19.6. The van der Waals surface area contributed by atoms with Crippen LogP contribution in [0.25, 0.3) is 0 Å². The van der Waals surface area contributed by atoms with E-state index in [4.69, 9.17) is 4.74 Å². The number of rotatable bonds is 5. The second-order valence-corrected chi connectivity index (χ2v) is 9.24. The Bertz CT molecular complexity index is 994. The zero-order valence-corrected chi connectivity index (χ0v) is 18.0. The molecule has 0 bridgehead atoms. The molecule has 4 nitrogen and oxygen atoms in total. The van der Waals surface area contributed by atoms with Gasteiger partial charge in [0.25, 0.3) is 5.91 Å². The van der Waals surface area contributed by atoms with Crippen molar-refractivity contribution in [3.05, 3.63) is 74.0 Å². The molecule has 1 aromatic carbocycles. The first-order chi connectivity index (χ1) is 14.0. The highest BCUT2D eigenvalue weighted by Gasteiger charge is 2.30. The topological polar surface area (TPSA) is 41.6 Å². The molecule has 1 fully saturated rings. The highest BCUT2D eigenvalue weighted by atomic mass is 32.1. The highest BCUT2D eigenvalue weighted by molar-refractivity contribution is 7.17. The number of nitrogens with one attached hydrogen (secondary N) is 1. The molecule has 1 aliphatic rings. The van der Waals surface area contributed by atoms with Gasteiger partial charge in [0.05, 0.1) is 24.1 Å². The van der Waals surface area contributed by atoms with E-state index in [1.807, 2.05) is 23.6 Å². The summed E-state index contributed by atoms with van der Waals surface area (Å²) in [6, 6.07) is 10.3. The van der Waals surface area contributed by atoms with Crippen LogP contribution in [0.3, 0.4) is 0 Å². The van der Waals surface area contributed by atoms with Crippen molar-refractivity contribution in [2.75, 3.05) is 31.6 Å². The lowest BCUT2D eigenvalue weighted by Gasteiger charge is -2.35. The summed E-state index contributed by atoms with van der Waals surface area (Å²) in [5.74, 6) is -0.364. The Morgan fingerprint density at radius 3 is 2.69 bits per heavy atom. The Hall–Kier alpha value is -2.06. The maximum absolute atomic E-state index is 14.1. The van der Waals surface area contributed by atoms with Crippen molar-refractivity contribution in [1.82, 2.24) is 4.90 Å². The molecule has 1 atom stereocenters. The fourth-order valence-electron chi connectivity index (χ4n) is 3.71. The smallest absolute Gasteiger partial charge is 0.266 e. The van der Waals surface area contributed by atoms with Crippen molar-refractivity contribution in [3.63, 3.8) is 0 Å². The predicted molar refractivity (Wildman–Crippen MR) is 117 cm³/mol. The van der Waals surface area contributed by atoms with E-state index >= 15 is 0 Å². The minimum Gasteiger partial charge on any atom is -0.379 e. The maximum Gasteiger partial charge on any atom is 0.266 e. The van der Waals surface area contributed by atoms with Crippen LogP contribution in [0.4, 0.5) is 9.39 Å². The SMILES string of the molecule is Cc1sc(NC(=O)c2cccs2)c([C@H](c2cccc(F)c2)N2CCOCC2)c1C. The minimum atomic E-state index is -0.255. The van der Waals surface area contributed by atoms with Crippen molar-refractivity contribution in [2.24, 2.45) is 0 Å². The fraction of sp³-hybridized carbons (Fsp3) is 0.318. The molecule has 3 heterocycles. The van der Waals surface area contributed by atoms with E-state index in [0.717, 1.165) is 39.7 Å². The third kappa shape index (κ3) is 4.28. The lowest BCUT2D eigenvalue weighted by molar-refractivity contribution is 0.0240. The van der Waals surface area contributed by atoms with Crippen LogP contribution in [-0.2, 0) is 4.74 Å². The average molecular weight is 431 g/mol. The number of carbonyl (C=O) groups is 1. The molecule has 0 spiro atoms. The zero-order chi connectivity index (χ0) is 20.4. The normalized spacial score (nSPS) is 16.0. The largest absolute Gasteiger partial charge is 0.379 e. The number of ether oxygens (including phenoxy) is 1. The van der Waals surface area contributed by atoms with Crippen molar-refractivity contribution in [2.45, 2.75) is 19.9 Å². The molecule has 0 saturated carbocycles. The van der Waals surface area contributed by atoms with Crippen LogP contribution in [0.15, 0.2) is 41.8 Å². The first-order valence-electron chi connectivity index (χ1n) is 9.56. The lowest BCUT2D eigenvalue weighted by atomic mass is 9.94. The van der Waals surface area contributed by atoms with Gasteiger partial charge in [-0.2, -0.15) is 0 Å². The fourth-order valence-corrected chi connectivity index (χ4v) is 5.42. The molecule has 3 aromatic rings. The number of benzene rings is 1. The van der Waals surface area contributed by atoms with Crippen molar-refractivity contribution in [1.29, 1.82) is 0 Å². The second-order valence-electron chi connectivity index (χ2n) is 7.06. The van der Waals surface area contributed by atoms with Gasteiger partial charge in [-0.1, -0.05) is 18.2 Å². The summed E-state index contributed by atoms with van der Waals surface area (Å²) in [7, 11) is 0. The van der Waals surface area contributed by atoms with Gasteiger partial charge in [-0.3, -0.25) is 9.69 Å². The second kappa shape index (κ2) is 8.75. The molecule has 7 heteroatoms. The number of amides is 1. The summed E-state index contributed by atoms with van der Waals surface area (Å²) in [6.45, 7) is 6.94. The first-order valence-corrected chi connectivity index (χ1v) is 11.3. The number of halogens is 1. The van der Waals surface area contributed by atoms with Gasteiger partial charge in [-0.15, -0.1) is 22.7 Å². The molecule has 29 heavy (non-hydrogen) atoms.